The Morgan fingerprint density at radius 2 is 2.24 bits per heavy atom. The van der Waals surface area contributed by atoms with Gasteiger partial charge in [0.2, 0.25) is 0 Å². The normalized spacial score (nSPS) is 18.6. The van der Waals surface area contributed by atoms with Crippen LogP contribution in [0.4, 0.5) is 10.1 Å². The van der Waals surface area contributed by atoms with Gasteiger partial charge in [0.05, 0.1) is 18.4 Å². The molecule has 25 heavy (non-hydrogen) atoms. The van der Waals surface area contributed by atoms with Crippen LogP contribution >= 0.6 is 11.8 Å². The number of fused-ring (bicyclic) bond motifs is 1. The number of carbonyl (C=O) groups excluding carboxylic acids is 1. The van der Waals surface area contributed by atoms with Crippen molar-refractivity contribution >= 4 is 23.4 Å². The first-order valence-electron chi connectivity index (χ1n) is 7.61. The number of likely N-dealkylation sites (N-methyl/N-ethyl adjacent to an activating group) is 1. The summed E-state index contributed by atoms with van der Waals surface area (Å²) in [5.41, 5.74) is 3.82. The highest BCUT2D eigenvalue weighted by molar-refractivity contribution is 7.98. The predicted molar refractivity (Wildman–Crippen MR) is 95.9 cm³/mol. The number of anilines is 1. The van der Waals surface area contributed by atoms with E-state index >= 15 is 0 Å². The highest BCUT2D eigenvalue weighted by Crippen LogP contribution is 2.34. The number of carbonyl (C=O) groups is 1. The SMILES string of the molecule is CONC(=O)C1=C(Nc2ccc(SC)cc2F)N(C)C2NC=CC=C12. The van der Waals surface area contributed by atoms with Crippen molar-refractivity contribution in [2.24, 2.45) is 0 Å². The van der Waals surface area contributed by atoms with Crippen molar-refractivity contribution in [1.82, 2.24) is 15.7 Å². The van der Waals surface area contributed by atoms with Crippen LogP contribution in [-0.4, -0.2) is 37.4 Å². The number of rotatable bonds is 5. The van der Waals surface area contributed by atoms with Gasteiger partial charge in [0.1, 0.15) is 17.8 Å². The van der Waals surface area contributed by atoms with Gasteiger partial charge in [-0.25, -0.2) is 9.87 Å². The largest absolute Gasteiger partial charge is 0.367 e. The maximum absolute atomic E-state index is 14.4. The molecule has 3 N–H and O–H groups in total. The molecule has 6 nitrogen and oxygen atoms in total. The molecule has 1 aromatic carbocycles. The quantitative estimate of drug-likeness (QED) is 0.551. The fraction of sp³-hybridized carbons (Fsp3) is 0.235. The summed E-state index contributed by atoms with van der Waals surface area (Å²) < 4.78 is 14.4. The highest BCUT2D eigenvalue weighted by Gasteiger charge is 2.38. The standard InChI is InChI=1S/C17H19FN4O2S/c1-22-15-11(5-4-8-19-15)14(17(23)21-24-2)16(22)20-13-7-6-10(25-3)9-12(13)18/h4-9,15,19-20H,1-3H3,(H,21,23). The van der Waals surface area contributed by atoms with E-state index in [0.717, 1.165) is 10.5 Å². The van der Waals surface area contributed by atoms with E-state index < -0.39 is 5.91 Å². The Kier molecular flexibility index (Phi) is 5.00. The van der Waals surface area contributed by atoms with Crippen molar-refractivity contribution < 1.29 is 14.0 Å². The molecule has 0 aromatic heterocycles. The maximum atomic E-state index is 14.4. The van der Waals surface area contributed by atoms with Gasteiger partial charge in [0.15, 0.2) is 0 Å². The van der Waals surface area contributed by atoms with Crippen LogP contribution in [0, 0.1) is 5.82 Å². The first-order valence-corrected chi connectivity index (χ1v) is 8.83. The molecule has 0 saturated carbocycles. The van der Waals surface area contributed by atoms with Gasteiger partial charge in [-0.2, -0.15) is 0 Å². The second-order valence-corrected chi connectivity index (χ2v) is 6.37. The van der Waals surface area contributed by atoms with E-state index in [4.69, 9.17) is 4.84 Å². The van der Waals surface area contributed by atoms with Crippen LogP contribution in [0.3, 0.4) is 0 Å². The summed E-state index contributed by atoms with van der Waals surface area (Å²) in [4.78, 5) is 19.9. The fourth-order valence-electron chi connectivity index (χ4n) is 2.85. The Bertz CT molecular complexity index is 791. The van der Waals surface area contributed by atoms with Gasteiger partial charge >= 0.3 is 0 Å². The number of benzene rings is 1. The number of halogens is 1. The topological polar surface area (TPSA) is 65.6 Å². The first-order chi connectivity index (χ1) is 12.1. The molecule has 0 spiro atoms. The second-order valence-electron chi connectivity index (χ2n) is 5.49. The monoisotopic (exact) mass is 362 g/mol. The Balaban J connectivity index is 2.01. The average Bonchev–Trinajstić information content (AvgIpc) is 2.89. The number of amides is 1. The third-order valence-electron chi connectivity index (χ3n) is 4.04. The number of nitrogens with zero attached hydrogens (tertiary/aromatic N) is 1. The van der Waals surface area contributed by atoms with Crippen molar-refractivity contribution in [3.05, 3.63) is 59.3 Å². The number of allylic oxidation sites excluding steroid dienone is 2. The third kappa shape index (κ3) is 3.22. The third-order valence-corrected chi connectivity index (χ3v) is 4.76. The number of hydrogen-bond donors (Lipinski definition) is 3. The summed E-state index contributed by atoms with van der Waals surface area (Å²) in [5.74, 6) is -0.282. The van der Waals surface area contributed by atoms with Crippen LogP contribution in [0.25, 0.3) is 0 Å². The minimum absolute atomic E-state index is 0.210. The maximum Gasteiger partial charge on any atom is 0.278 e. The smallest absolute Gasteiger partial charge is 0.278 e. The van der Waals surface area contributed by atoms with E-state index in [2.05, 4.69) is 16.1 Å². The molecule has 3 rings (SSSR count). The van der Waals surface area contributed by atoms with Gasteiger partial charge in [0.25, 0.3) is 5.91 Å². The van der Waals surface area contributed by atoms with Crippen LogP contribution < -0.4 is 16.1 Å². The number of thioether (sulfide) groups is 1. The van der Waals surface area contributed by atoms with E-state index in [1.807, 2.05) is 36.4 Å². The summed E-state index contributed by atoms with van der Waals surface area (Å²) in [6.45, 7) is 0. The van der Waals surface area contributed by atoms with Gasteiger partial charge in [-0.05, 0) is 36.7 Å². The van der Waals surface area contributed by atoms with Crippen molar-refractivity contribution in [3.63, 3.8) is 0 Å². The lowest BCUT2D eigenvalue weighted by Crippen LogP contribution is -2.40. The number of nitrogens with one attached hydrogen (secondary N) is 3. The lowest BCUT2D eigenvalue weighted by molar-refractivity contribution is -0.127. The summed E-state index contributed by atoms with van der Waals surface area (Å²) in [6.07, 6.45) is 7.14. The molecule has 0 saturated heterocycles. The molecule has 2 aliphatic heterocycles. The van der Waals surface area contributed by atoms with Crippen LogP contribution in [0.5, 0.6) is 0 Å². The molecule has 8 heteroatoms. The molecule has 2 heterocycles. The van der Waals surface area contributed by atoms with E-state index in [1.165, 1.54) is 24.9 Å². The zero-order valence-corrected chi connectivity index (χ0v) is 14.9. The Morgan fingerprint density at radius 3 is 2.92 bits per heavy atom. The highest BCUT2D eigenvalue weighted by atomic mass is 32.2. The Hall–Kier alpha value is -2.45. The minimum Gasteiger partial charge on any atom is -0.367 e. The van der Waals surface area contributed by atoms with E-state index in [1.54, 1.807) is 12.3 Å². The molecule has 0 radical (unpaired) electrons. The average molecular weight is 362 g/mol. The number of hydrogen-bond acceptors (Lipinski definition) is 6. The van der Waals surface area contributed by atoms with Crippen LogP contribution in [0.2, 0.25) is 0 Å². The zero-order chi connectivity index (χ0) is 18.0. The lowest BCUT2D eigenvalue weighted by atomic mass is 10.0. The van der Waals surface area contributed by atoms with Gasteiger partial charge < -0.3 is 15.5 Å². The number of dihydropyridines is 1. The van der Waals surface area contributed by atoms with Crippen LogP contribution in [-0.2, 0) is 9.63 Å². The summed E-state index contributed by atoms with van der Waals surface area (Å²) in [7, 11) is 3.20. The molecule has 2 aliphatic rings. The molecule has 0 fully saturated rings. The Labute approximate surface area is 149 Å². The molecule has 132 valence electrons. The molecule has 0 bridgehead atoms. The van der Waals surface area contributed by atoms with Crippen molar-refractivity contribution in [3.8, 4) is 0 Å². The van der Waals surface area contributed by atoms with Gasteiger partial charge in [-0.15, -0.1) is 11.8 Å². The molecule has 0 aliphatic carbocycles. The second kappa shape index (κ2) is 7.20. The minimum atomic E-state index is -0.399. The van der Waals surface area contributed by atoms with E-state index in [9.17, 15) is 9.18 Å². The first kappa shape index (κ1) is 17.4. The van der Waals surface area contributed by atoms with Crippen molar-refractivity contribution in [1.29, 1.82) is 0 Å². The summed E-state index contributed by atoms with van der Waals surface area (Å²) in [5, 5.41) is 6.24. The van der Waals surface area contributed by atoms with Gasteiger partial charge in [-0.1, -0.05) is 6.08 Å². The lowest BCUT2D eigenvalue weighted by Gasteiger charge is -2.27. The molecule has 1 unspecified atom stereocenters. The molecule has 1 amide bonds. The van der Waals surface area contributed by atoms with Gasteiger partial charge in [0, 0.05) is 17.5 Å². The fourth-order valence-corrected chi connectivity index (χ4v) is 3.27. The molecule has 1 aromatic rings. The van der Waals surface area contributed by atoms with Gasteiger partial charge in [-0.3, -0.25) is 9.63 Å². The van der Waals surface area contributed by atoms with E-state index in [-0.39, 0.29) is 12.0 Å². The Morgan fingerprint density at radius 1 is 1.44 bits per heavy atom. The molecular weight excluding hydrogens is 343 g/mol. The van der Waals surface area contributed by atoms with Crippen molar-refractivity contribution in [2.45, 2.75) is 11.1 Å². The van der Waals surface area contributed by atoms with E-state index in [0.29, 0.717) is 17.1 Å². The zero-order valence-electron chi connectivity index (χ0n) is 14.1. The predicted octanol–water partition coefficient (Wildman–Crippen LogP) is 2.16. The summed E-state index contributed by atoms with van der Waals surface area (Å²) in [6, 6.07) is 4.95. The van der Waals surface area contributed by atoms with Crippen LogP contribution in [0.1, 0.15) is 0 Å². The summed E-state index contributed by atoms with van der Waals surface area (Å²) >= 11 is 1.47. The van der Waals surface area contributed by atoms with Crippen molar-refractivity contribution in [2.75, 3.05) is 25.7 Å². The molecule has 1 atom stereocenters. The van der Waals surface area contributed by atoms with Crippen LogP contribution in [0.15, 0.2) is 58.4 Å². The number of hydroxylamine groups is 1. The molecular formula is C17H19FN4O2S.